The first-order valence-electron chi connectivity index (χ1n) is 5.33. The quantitative estimate of drug-likeness (QED) is 0.667. The van der Waals surface area contributed by atoms with Crippen LogP contribution in [0.4, 0.5) is 0 Å². The predicted molar refractivity (Wildman–Crippen MR) is 65.2 cm³/mol. The molecule has 2 aromatic heterocycles. The van der Waals surface area contributed by atoms with E-state index in [0.717, 1.165) is 22.5 Å². The van der Waals surface area contributed by atoms with Crippen LogP contribution in [0.2, 0.25) is 0 Å². The Morgan fingerprint density at radius 3 is 2.47 bits per heavy atom. The van der Waals surface area contributed by atoms with Gasteiger partial charge in [0.2, 0.25) is 0 Å². The number of hydrogen-bond acceptors (Lipinski definition) is 3. The molecule has 0 aliphatic heterocycles. The van der Waals surface area contributed by atoms with Gasteiger partial charge in [0.05, 0.1) is 6.20 Å². The van der Waals surface area contributed by atoms with Crippen LogP contribution < -0.4 is 0 Å². The molecule has 0 aliphatic carbocycles. The Bertz CT molecular complexity index is 603. The van der Waals surface area contributed by atoms with E-state index in [1.807, 2.05) is 24.3 Å². The molecular formula is C14H10N2O. The van der Waals surface area contributed by atoms with Crippen LogP contribution in [0.15, 0.2) is 65.8 Å². The maximum absolute atomic E-state index is 5.33. The van der Waals surface area contributed by atoms with Gasteiger partial charge in [0.1, 0.15) is 0 Å². The molecule has 3 heteroatoms. The summed E-state index contributed by atoms with van der Waals surface area (Å²) in [5, 5.41) is 0. The smallest absolute Gasteiger partial charge is 0.181 e. The molecule has 3 rings (SSSR count). The van der Waals surface area contributed by atoms with Crippen LogP contribution in [0.1, 0.15) is 0 Å². The minimum Gasteiger partial charge on any atom is -0.443 e. The molecule has 0 saturated carbocycles. The summed E-state index contributed by atoms with van der Waals surface area (Å²) in [7, 11) is 0. The number of oxazole rings is 1. The molecule has 0 bridgehead atoms. The summed E-state index contributed by atoms with van der Waals surface area (Å²) < 4.78 is 5.33. The number of rotatable bonds is 2. The summed E-state index contributed by atoms with van der Waals surface area (Å²) in [6.07, 6.45) is 6.70. The predicted octanol–water partition coefficient (Wildman–Crippen LogP) is 3.40. The Balaban J connectivity index is 2.18. The van der Waals surface area contributed by atoms with Gasteiger partial charge < -0.3 is 4.42 Å². The third kappa shape index (κ3) is 1.83. The molecule has 82 valence electrons. The Labute approximate surface area is 98.8 Å². The lowest BCUT2D eigenvalue weighted by atomic mass is 10.0. The van der Waals surface area contributed by atoms with E-state index in [9.17, 15) is 0 Å². The normalized spacial score (nSPS) is 10.4. The molecule has 3 aromatic rings. The molecule has 17 heavy (non-hydrogen) atoms. The van der Waals surface area contributed by atoms with Gasteiger partial charge >= 0.3 is 0 Å². The van der Waals surface area contributed by atoms with Crippen molar-refractivity contribution in [2.75, 3.05) is 0 Å². The van der Waals surface area contributed by atoms with E-state index in [-0.39, 0.29) is 0 Å². The molecular weight excluding hydrogens is 212 g/mol. The number of pyridine rings is 1. The molecule has 0 atom stereocenters. The van der Waals surface area contributed by atoms with Crippen molar-refractivity contribution in [3.63, 3.8) is 0 Å². The topological polar surface area (TPSA) is 38.9 Å². The second-order valence-corrected chi connectivity index (χ2v) is 3.65. The third-order valence-electron chi connectivity index (χ3n) is 2.60. The summed E-state index contributed by atoms with van der Waals surface area (Å²) in [5.74, 6) is 0.733. The summed E-state index contributed by atoms with van der Waals surface area (Å²) in [6, 6.07) is 12.1. The molecule has 0 radical (unpaired) electrons. The first-order valence-corrected chi connectivity index (χ1v) is 5.33. The lowest BCUT2D eigenvalue weighted by Gasteiger charge is -2.05. The second kappa shape index (κ2) is 4.22. The highest BCUT2D eigenvalue weighted by molar-refractivity contribution is 5.80. The van der Waals surface area contributed by atoms with Crippen LogP contribution in [0.5, 0.6) is 0 Å². The molecule has 2 heterocycles. The summed E-state index contributed by atoms with van der Waals surface area (Å²) >= 11 is 0. The molecule has 0 N–H and O–H groups in total. The van der Waals surface area contributed by atoms with E-state index in [2.05, 4.69) is 22.1 Å². The zero-order valence-corrected chi connectivity index (χ0v) is 9.08. The van der Waals surface area contributed by atoms with Gasteiger partial charge in [-0.3, -0.25) is 4.98 Å². The van der Waals surface area contributed by atoms with Gasteiger partial charge in [-0.05, 0) is 17.2 Å². The lowest BCUT2D eigenvalue weighted by Crippen LogP contribution is -1.84. The Morgan fingerprint density at radius 1 is 0.824 bits per heavy atom. The first-order chi connectivity index (χ1) is 8.45. The summed E-state index contributed by atoms with van der Waals surface area (Å²) in [4.78, 5) is 8.08. The highest BCUT2D eigenvalue weighted by atomic mass is 16.3. The fraction of sp³-hybridized carbons (Fsp3) is 0. The van der Waals surface area contributed by atoms with Crippen molar-refractivity contribution in [3.05, 3.63) is 61.4 Å². The minimum atomic E-state index is 0.733. The van der Waals surface area contributed by atoms with Crippen LogP contribution in [-0.2, 0) is 0 Å². The average Bonchev–Trinajstić information content (AvgIpc) is 2.94. The molecule has 1 aromatic carbocycles. The number of hydrogen-bond donors (Lipinski definition) is 0. The van der Waals surface area contributed by atoms with Gasteiger partial charge in [-0.25, -0.2) is 4.98 Å². The van der Waals surface area contributed by atoms with Crippen molar-refractivity contribution >= 4 is 0 Å². The van der Waals surface area contributed by atoms with E-state index >= 15 is 0 Å². The van der Waals surface area contributed by atoms with Crippen molar-refractivity contribution in [1.82, 2.24) is 9.97 Å². The standard InChI is InChI=1S/C14H10N2O/c1-2-4-11(5-3-1)12-6-7-15-8-13(12)14-9-16-10-17-14/h1-10H. The first kappa shape index (κ1) is 9.78. The maximum atomic E-state index is 5.33. The van der Waals surface area contributed by atoms with Crippen molar-refractivity contribution in [2.24, 2.45) is 0 Å². The number of nitrogens with zero attached hydrogens (tertiary/aromatic N) is 2. The van der Waals surface area contributed by atoms with Crippen LogP contribution in [0.25, 0.3) is 22.5 Å². The second-order valence-electron chi connectivity index (χ2n) is 3.65. The molecule has 3 nitrogen and oxygen atoms in total. The number of aromatic nitrogens is 2. The van der Waals surface area contributed by atoms with Gasteiger partial charge in [-0.15, -0.1) is 0 Å². The molecule has 0 spiro atoms. The van der Waals surface area contributed by atoms with E-state index in [1.54, 1.807) is 18.6 Å². The summed E-state index contributed by atoms with van der Waals surface area (Å²) in [5.41, 5.74) is 3.19. The molecule has 0 unspecified atom stereocenters. The lowest BCUT2D eigenvalue weighted by molar-refractivity contribution is 0.572. The molecule has 0 saturated heterocycles. The third-order valence-corrected chi connectivity index (χ3v) is 2.60. The largest absolute Gasteiger partial charge is 0.443 e. The Kier molecular flexibility index (Phi) is 2.43. The molecule has 0 fully saturated rings. The Morgan fingerprint density at radius 2 is 1.71 bits per heavy atom. The van der Waals surface area contributed by atoms with Crippen LogP contribution in [0.3, 0.4) is 0 Å². The zero-order valence-electron chi connectivity index (χ0n) is 9.08. The highest BCUT2D eigenvalue weighted by Crippen LogP contribution is 2.30. The van der Waals surface area contributed by atoms with Gasteiger partial charge in [-0.1, -0.05) is 30.3 Å². The average molecular weight is 222 g/mol. The van der Waals surface area contributed by atoms with Gasteiger partial charge in [0.15, 0.2) is 12.2 Å². The van der Waals surface area contributed by atoms with Crippen LogP contribution in [-0.4, -0.2) is 9.97 Å². The van der Waals surface area contributed by atoms with E-state index in [0.29, 0.717) is 0 Å². The van der Waals surface area contributed by atoms with Crippen molar-refractivity contribution < 1.29 is 4.42 Å². The monoisotopic (exact) mass is 222 g/mol. The fourth-order valence-corrected chi connectivity index (χ4v) is 1.81. The minimum absolute atomic E-state index is 0.733. The van der Waals surface area contributed by atoms with Crippen LogP contribution >= 0.6 is 0 Å². The molecule has 0 aliphatic rings. The highest BCUT2D eigenvalue weighted by Gasteiger charge is 2.09. The van der Waals surface area contributed by atoms with Gasteiger partial charge in [0.25, 0.3) is 0 Å². The fourth-order valence-electron chi connectivity index (χ4n) is 1.81. The maximum Gasteiger partial charge on any atom is 0.181 e. The van der Waals surface area contributed by atoms with Crippen molar-refractivity contribution in [2.45, 2.75) is 0 Å². The SMILES string of the molecule is c1ccc(-c2ccncc2-c2cnco2)cc1. The molecule has 0 amide bonds. The van der Waals surface area contributed by atoms with Crippen molar-refractivity contribution in [3.8, 4) is 22.5 Å². The van der Waals surface area contributed by atoms with Gasteiger partial charge in [0, 0.05) is 18.0 Å². The van der Waals surface area contributed by atoms with Gasteiger partial charge in [-0.2, -0.15) is 0 Å². The van der Waals surface area contributed by atoms with E-state index in [1.165, 1.54) is 6.39 Å². The Hall–Kier alpha value is -2.42. The number of benzene rings is 1. The van der Waals surface area contributed by atoms with E-state index < -0.39 is 0 Å². The van der Waals surface area contributed by atoms with E-state index in [4.69, 9.17) is 4.42 Å². The van der Waals surface area contributed by atoms with Crippen LogP contribution in [0, 0.1) is 0 Å². The van der Waals surface area contributed by atoms with Crippen molar-refractivity contribution in [1.29, 1.82) is 0 Å². The zero-order chi connectivity index (χ0) is 11.5. The summed E-state index contributed by atoms with van der Waals surface area (Å²) in [6.45, 7) is 0.